The average Bonchev–Trinajstić information content (AvgIpc) is 3.53. The highest BCUT2D eigenvalue weighted by atomic mass is 19.1. The van der Waals surface area contributed by atoms with Crippen molar-refractivity contribution in [1.29, 1.82) is 0 Å². The molecular weight excluding hydrogens is 441 g/mol. The van der Waals surface area contributed by atoms with Gasteiger partial charge < -0.3 is 10.1 Å². The summed E-state index contributed by atoms with van der Waals surface area (Å²) in [6.07, 6.45) is 1.46. The smallest absolute Gasteiger partial charge is 0.338 e. The Labute approximate surface area is 194 Å². The highest BCUT2D eigenvalue weighted by Crippen LogP contribution is 2.60. The van der Waals surface area contributed by atoms with E-state index >= 15 is 0 Å². The minimum absolute atomic E-state index is 0.233. The van der Waals surface area contributed by atoms with Gasteiger partial charge in [-0.1, -0.05) is 0 Å². The number of nitrogens with one attached hydrogen (secondary N) is 1. The number of halogens is 1. The van der Waals surface area contributed by atoms with Gasteiger partial charge in [-0.2, -0.15) is 0 Å². The van der Waals surface area contributed by atoms with E-state index in [0.29, 0.717) is 35.5 Å². The average molecular weight is 463 g/mol. The van der Waals surface area contributed by atoms with Crippen molar-refractivity contribution in [2.24, 2.45) is 11.8 Å². The van der Waals surface area contributed by atoms with Gasteiger partial charge in [0.1, 0.15) is 11.4 Å². The van der Waals surface area contributed by atoms with E-state index in [2.05, 4.69) is 5.32 Å². The minimum Gasteiger partial charge on any atom is -0.462 e. The second-order valence-corrected chi connectivity index (χ2v) is 9.10. The minimum atomic E-state index is -1.42. The standard InChI is InChI=1S/C25H22FN3O5/c1-2-34-23(32)13-5-8-15(9-6-13)29-21(30)19-18-4-3-11-28(18)25(20(19)22(29)31)16-12-14(26)7-10-17(16)27-24(25)33/h5-10,12,18-20H,2-4,11H2,1H3,(H,27,33)/t18-,19+,20-,25-/m0/s1. The molecule has 4 aliphatic rings. The van der Waals surface area contributed by atoms with E-state index in [0.717, 1.165) is 11.3 Å². The summed E-state index contributed by atoms with van der Waals surface area (Å²) < 4.78 is 19.3. The number of ether oxygens (including phenoxy) is 1. The predicted octanol–water partition coefficient (Wildman–Crippen LogP) is 2.43. The number of rotatable bonds is 3. The molecule has 1 spiro atoms. The number of anilines is 2. The molecule has 0 radical (unpaired) electrons. The van der Waals surface area contributed by atoms with Crippen LogP contribution in [0.5, 0.6) is 0 Å². The van der Waals surface area contributed by atoms with Crippen molar-refractivity contribution in [2.75, 3.05) is 23.4 Å². The number of esters is 1. The molecule has 6 rings (SSSR count). The molecule has 3 saturated heterocycles. The molecule has 4 heterocycles. The molecule has 3 amide bonds. The number of hydrogen-bond acceptors (Lipinski definition) is 6. The highest BCUT2D eigenvalue weighted by Gasteiger charge is 2.74. The number of imide groups is 1. The van der Waals surface area contributed by atoms with Crippen LogP contribution in [-0.2, 0) is 24.7 Å². The number of carbonyl (C=O) groups excluding carboxylic acids is 4. The Hall–Kier alpha value is -3.59. The molecule has 4 atom stereocenters. The van der Waals surface area contributed by atoms with Crippen molar-refractivity contribution in [3.63, 3.8) is 0 Å². The van der Waals surface area contributed by atoms with Crippen LogP contribution in [0.1, 0.15) is 35.7 Å². The van der Waals surface area contributed by atoms with Crippen LogP contribution in [0.4, 0.5) is 15.8 Å². The summed E-state index contributed by atoms with van der Waals surface area (Å²) in [5.74, 6) is -3.92. The Kier molecular flexibility index (Phi) is 4.44. The van der Waals surface area contributed by atoms with Crippen molar-refractivity contribution in [3.05, 3.63) is 59.4 Å². The maximum Gasteiger partial charge on any atom is 0.338 e. The number of amides is 3. The Morgan fingerprint density at radius 2 is 1.91 bits per heavy atom. The molecular formula is C25H22FN3O5. The first-order valence-electron chi connectivity index (χ1n) is 11.4. The van der Waals surface area contributed by atoms with Gasteiger partial charge in [0, 0.05) is 17.3 Å². The molecule has 3 fully saturated rings. The van der Waals surface area contributed by atoms with E-state index in [1.165, 1.54) is 42.5 Å². The molecule has 2 aromatic rings. The molecule has 0 unspecified atom stereocenters. The van der Waals surface area contributed by atoms with Crippen LogP contribution in [0.3, 0.4) is 0 Å². The Bertz CT molecular complexity index is 1260. The fourth-order valence-corrected chi connectivity index (χ4v) is 6.39. The lowest BCUT2D eigenvalue weighted by atomic mass is 9.75. The molecule has 0 aliphatic carbocycles. The quantitative estimate of drug-likeness (QED) is 0.555. The third-order valence-electron chi connectivity index (χ3n) is 7.59. The van der Waals surface area contributed by atoms with E-state index in [9.17, 15) is 23.6 Å². The summed E-state index contributed by atoms with van der Waals surface area (Å²) >= 11 is 0. The molecule has 2 aromatic carbocycles. The first kappa shape index (κ1) is 21.0. The van der Waals surface area contributed by atoms with Gasteiger partial charge in [0.15, 0.2) is 0 Å². The molecule has 174 valence electrons. The second kappa shape index (κ2) is 7.20. The fourth-order valence-electron chi connectivity index (χ4n) is 6.39. The van der Waals surface area contributed by atoms with Crippen LogP contribution in [0.15, 0.2) is 42.5 Å². The Morgan fingerprint density at radius 1 is 1.15 bits per heavy atom. The van der Waals surface area contributed by atoms with Gasteiger partial charge >= 0.3 is 5.97 Å². The van der Waals surface area contributed by atoms with E-state index in [1.807, 2.05) is 4.90 Å². The fraction of sp³-hybridized carbons (Fsp3) is 0.360. The van der Waals surface area contributed by atoms with Crippen molar-refractivity contribution in [3.8, 4) is 0 Å². The van der Waals surface area contributed by atoms with E-state index in [4.69, 9.17) is 4.74 Å². The highest BCUT2D eigenvalue weighted by molar-refractivity contribution is 6.25. The third-order valence-corrected chi connectivity index (χ3v) is 7.59. The van der Waals surface area contributed by atoms with Crippen molar-refractivity contribution in [1.82, 2.24) is 4.90 Å². The van der Waals surface area contributed by atoms with Gasteiger partial charge in [0.25, 0.3) is 0 Å². The van der Waals surface area contributed by atoms with Crippen LogP contribution in [0.2, 0.25) is 0 Å². The monoisotopic (exact) mass is 463 g/mol. The number of carbonyl (C=O) groups is 4. The van der Waals surface area contributed by atoms with Crippen LogP contribution < -0.4 is 10.2 Å². The summed E-state index contributed by atoms with van der Waals surface area (Å²) in [6.45, 7) is 2.49. The van der Waals surface area contributed by atoms with E-state index in [1.54, 1.807) is 6.92 Å². The molecule has 1 N–H and O–H groups in total. The molecule has 4 aliphatic heterocycles. The normalized spacial score (nSPS) is 29.4. The summed E-state index contributed by atoms with van der Waals surface area (Å²) in [6, 6.07) is 9.87. The van der Waals surface area contributed by atoms with Crippen LogP contribution in [0.25, 0.3) is 0 Å². The molecule has 0 saturated carbocycles. The lowest BCUT2D eigenvalue weighted by Crippen LogP contribution is -2.54. The Morgan fingerprint density at radius 3 is 2.65 bits per heavy atom. The van der Waals surface area contributed by atoms with Crippen molar-refractivity contribution < 1.29 is 28.3 Å². The summed E-state index contributed by atoms with van der Waals surface area (Å²) in [7, 11) is 0. The van der Waals surface area contributed by atoms with Gasteiger partial charge in [0.05, 0.1) is 29.7 Å². The molecule has 0 aromatic heterocycles. The van der Waals surface area contributed by atoms with Gasteiger partial charge in [-0.05, 0) is 68.8 Å². The first-order valence-corrected chi connectivity index (χ1v) is 11.4. The topological polar surface area (TPSA) is 96.0 Å². The molecule has 8 nitrogen and oxygen atoms in total. The zero-order valence-corrected chi connectivity index (χ0v) is 18.4. The lowest BCUT2D eigenvalue weighted by Gasteiger charge is -2.36. The van der Waals surface area contributed by atoms with E-state index in [-0.39, 0.29) is 18.6 Å². The van der Waals surface area contributed by atoms with E-state index < -0.39 is 41.0 Å². The van der Waals surface area contributed by atoms with Crippen molar-refractivity contribution >= 4 is 35.1 Å². The summed E-state index contributed by atoms with van der Waals surface area (Å²) in [4.78, 5) is 56.1. The zero-order chi connectivity index (χ0) is 23.8. The van der Waals surface area contributed by atoms with Crippen LogP contribution in [0, 0.1) is 17.7 Å². The van der Waals surface area contributed by atoms with Gasteiger partial charge in [0.2, 0.25) is 17.7 Å². The maximum absolute atomic E-state index is 14.3. The van der Waals surface area contributed by atoms with Crippen LogP contribution in [-0.4, -0.2) is 47.8 Å². The van der Waals surface area contributed by atoms with Gasteiger partial charge in [-0.15, -0.1) is 0 Å². The van der Waals surface area contributed by atoms with Gasteiger partial charge in [-0.3, -0.25) is 19.3 Å². The second-order valence-electron chi connectivity index (χ2n) is 9.10. The summed E-state index contributed by atoms with van der Waals surface area (Å²) in [5.41, 5.74) is 0.0981. The van der Waals surface area contributed by atoms with Crippen molar-refractivity contribution in [2.45, 2.75) is 31.3 Å². The summed E-state index contributed by atoms with van der Waals surface area (Å²) in [5, 5.41) is 2.82. The molecule has 0 bridgehead atoms. The van der Waals surface area contributed by atoms with Crippen LogP contribution >= 0.6 is 0 Å². The largest absolute Gasteiger partial charge is 0.462 e. The number of hydrogen-bond donors (Lipinski definition) is 1. The number of fused-ring (bicyclic) bond motifs is 7. The third kappa shape index (κ3) is 2.50. The number of nitrogens with zero attached hydrogens (tertiary/aromatic N) is 2. The number of benzene rings is 2. The lowest BCUT2D eigenvalue weighted by molar-refractivity contribution is -0.135. The predicted molar refractivity (Wildman–Crippen MR) is 118 cm³/mol. The maximum atomic E-state index is 14.3. The first-order chi connectivity index (χ1) is 16.4. The van der Waals surface area contributed by atoms with Gasteiger partial charge in [-0.25, -0.2) is 14.1 Å². The molecule has 34 heavy (non-hydrogen) atoms. The molecule has 9 heteroatoms. The zero-order valence-electron chi connectivity index (χ0n) is 18.4. The SMILES string of the molecule is CCOC(=O)c1ccc(N2C(=O)[C@H]3[C@@H](C2=O)[C@@]2(C(=O)Nc4ccc(F)cc42)N2CCC[C@@H]32)cc1. The Balaban J connectivity index is 1.45.